The molecule has 0 radical (unpaired) electrons. The molecule has 0 unspecified atom stereocenters. The molecule has 2 amide bonds. The van der Waals surface area contributed by atoms with Gasteiger partial charge in [0.1, 0.15) is 28.3 Å². The summed E-state index contributed by atoms with van der Waals surface area (Å²) < 4.78 is 11.8. The van der Waals surface area contributed by atoms with Crippen molar-refractivity contribution in [1.29, 1.82) is 0 Å². The van der Waals surface area contributed by atoms with E-state index in [0.717, 1.165) is 17.4 Å². The van der Waals surface area contributed by atoms with Crippen molar-refractivity contribution in [3.63, 3.8) is 0 Å². The first kappa shape index (κ1) is 23.8. The topological polar surface area (TPSA) is 97.8 Å². The molecule has 0 aliphatic carbocycles. The Balaban J connectivity index is 1.34. The predicted octanol–water partition coefficient (Wildman–Crippen LogP) is 4.40. The zero-order chi connectivity index (χ0) is 25.4. The van der Waals surface area contributed by atoms with Crippen LogP contribution in [-0.2, 0) is 11.2 Å². The molecule has 1 fully saturated rings. The van der Waals surface area contributed by atoms with Crippen molar-refractivity contribution in [3.8, 4) is 11.5 Å². The number of nitrogens with one attached hydrogen (secondary N) is 1. The largest absolute Gasteiger partial charge is 0.494 e. The van der Waals surface area contributed by atoms with Gasteiger partial charge >= 0.3 is 0 Å². The van der Waals surface area contributed by atoms with Gasteiger partial charge < -0.3 is 19.7 Å². The number of ketones is 1. The molecule has 36 heavy (non-hydrogen) atoms. The number of nitrogens with zero attached hydrogens (tertiary/aromatic N) is 2. The molecule has 0 atom stereocenters. The second-order valence-electron chi connectivity index (χ2n) is 9.45. The molecule has 2 aliphatic heterocycles. The summed E-state index contributed by atoms with van der Waals surface area (Å²) in [5, 5.41) is 3.69. The Morgan fingerprint density at radius 3 is 2.64 bits per heavy atom. The van der Waals surface area contributed by atoms with Gasteiger partial charge in [-0.2, -0.15) is 0 Å². The maximum atomic E-state index is 13.5. The van der Waals surface area contributed by atoms with Gasteiger partial charge in [-0.1, -0.05) is 19.1 Å². The second kappa shape index (κ2) is 9.26. The molecule has 0 bridgehead atoms. The zero-order valence-electron chi connectivity index (χ0n) is 20.7. The minimum atomic E-state index is -0.634. The van der Waals surface area contributed by atoms with E-state index >= 15 is 0 Å². The maximum absolute atomic E-state index is 13.5. The lowest BCUT2D eigenvalue weighted by Crippen LogP contribution is -2.52. The number of carbonyl (C=O) groups excluding carboxylic acids is 3. The minimum Gasteiger partial charge on any atom is -0.494 e. The van der Waals surface area contributed by atoms with Crippen LogP contribution in [0.5, 0.6) is 11.5 Å². The van der Waals surface area contributed by atoms with E-state index < -0.39 is 5.60 Å². The molecule has 2 aromatic carbocycles. The van der Waals surface area contributed by atoms with Crippen LogP contribution in [0.4, 0.5) is 5.69 Å². The summed E-state index contributed by atoms with van der Waals surface area (Å²) in [5.74, 6) is 0.826. The van der Waals surface area contributed by atoms with Gasteiger partial charge in [-0.05, 0) is 42.3 Å². The van der Waals surface area contributed by atoms with Crippen LogP contribution in [-0.4, -0.2) is 53.3 Å². The molecule has 8 heteroatoms. The number of ether oxygens (including phenoxy) is 2. The molecular formula is C28H29N3O5. The van der Waals surface area contributed by atoms with E-state index in [2.05, 4.69) is 17.2 Å². The van der Waals surface area contributed by atoms with Crippen molar-refractivity contribution < 1.29 is 23.9 Å². The summed E-state index contributed by atoms with van der Waals surface area (Å²) in [7, 11) is 1.60. The predicted molar refractivity (Wildman–Crippen MR) is 136 cm³/mol. The fourth-order valence-corrected chi connectivity index (χ4v) is 5.19. The summed E-state index contributed by atoms with van der Waals surface area (Å²) in [6.45, 7) is 4.42. The van der Waals surface area contributed by atoms with Crippen LogP contribution in [0, 0.1) is 0 Å². The number of rotatable bonds is 4. The van der Waals surface area contributed by atoms with Gasteiger partial charge in [0, 0.05) is 43.9 Å². The molecule has 3 heterocycles. The fraction of sp³-hybridized carbons (Fsp3) is 0.357. The monoisotopic (exact) mass is 487 g/mol. The standard InChI is InChI=1S/C28H29N3O5/c1-4-18-14-22(30-26-20(18)6-5-7-25(26)35-3)27(34)31-12-10-28(11-13-31)16-23(33)21-15-19(29-17(2)32)8-9-24(21)36-28/h5-9,14-15H,4,10-13,16H2,1-3H3,(H,29,32). The van der Waals surface area contributed by atoms with E-state index in [4.69, 9.17) is 9.47 Å². The number of pyridine rings is 1. The number of Topliss-reactive ketones (excluding diaryl/α,β-unsaturated/α-hetero) is 1. The lowest BCUT2D eigenvalue weighted by atomic mass is 9.82. The van der Waals surface area contributed by atoms with Crippen molar-refractivity contribution in [3.05, 3.63) is 59.3 Å². The number of methoxy groups -OCH3 is 1. The maximum Gasteiger partial charge on any atom is 0.272 e. The second-order valence-corrected chi connectivity index (χ2v) is 9.45. The highest BCUT2D eigenvalue weighted by atomic mass is 16.5. The number of amides is 2. The van der Waals surface area contributed by atoms with Crippen molar-refractivity contribution in [1.82, 2.24) is 9.88 Å². The van der Waals surface area contributed by atoms with Crippen molar-refractivity contribution in [2.45, 2.75) is 45.1 Å². The summed E-state index contributed by atoms with van der Waals surface area (Å²) in [6, 6.07) is 12.8. The number of fused-ring (bicyclic) bond motifs is 2. The van der Waals surface area contributed by atoms with Crippen LogP contribution in [0.2, 0.25) is 0 Å². The van der Waals surface area contributed by atoms with Crippen LogP contribution in [0.1, 0.15) is 59.5 Å². The SMILES string of the molecule is CCc1cc(C(=O)N2CCC3(CC2)CC(=O)c2cc(NC(C)=O)ccc2O3)nc2c(OC)cccc12. The molecule has 1 spiro atoms. The summed E-state index contributed by atoms with van der Waals surface area (Å²) in [5.41, 5.74) is 2.55. The Morgan fingerprint density at radius 2 is 1.94 bits per heavy atom. The lowest BCUT2D eigenvalue weighted by molar-refractivity contribution is -0.114. The minimum absolute atomic E-state index is 0.0147. The number of carbonyl (C=O) groups is 3. The Bertz CT molecular complexity index is 1380. The Hall–Kier alpha value is -3.94. The van der Waals surface area contributed by atoms with Crippen LogP contribution in [0.15, 0.2) is 42.5 Å². The van der Waals surface area contributed by atoms with Crippen LogP contribution >= 0.6 is 0 Å². The third-order valence-electron chi connectivity index (χ3n) is 7.08. The highest BCUT2D eigenvalue weighted by molar-refractivity contribution is 6.02. The van der Waals surface area contributed by atoms with E-state index in [0.29, 0.717) is 59.9 Å². The summed E-state index contributed by atoms with van der Waals surface area (Å²) in [6.07, 6.45) is 2.12. The highest BCUT2D eigenvalue weighted by Gasteiger charge is 2.44. The molecule has 186 valence electrons. The van der Waals surface area contributed by atoms with Crippen molar-refractivity contribution >= 4 is 34.2 Å². The number of benzene rings is 2. The number of hydrogen-bond donors (Lipinski definition) is 1. The molecular weight excluding hydrogens is 458 g/mol. The quantitative estimate of drug-likeness (QED) is 0.586. The van der Waals surface area contributed by atoms with Gasteiger partial charge in [0.2, 0.25) is 5.91 Å². The van der Waals surface area contributed by atoms with Gasteiger partial charge in [0.15, 0.2) is 5.78 Å². The average molecular weight is 488 g/mol. The number of hydrogen-bond acceptors (Lipinski definition) is 6. The zero-order valence-corrected chi connectivity index (χ0v) is 20.7. The molecule has 1 N–H and O–H groups in total. The van der Waals surface area contributed by atoms with Crippen LogP contribution < -0.4 is 14.8 Å². The van der Waals surface area contributed by atoms with Gasteiger partial charge in [-0.25, -0.2) is 4.98 Å². The lowest BCUT2D eigenvalue weighted by Gasteiger charge is -2.44. The Labute approximate surface area is 209 Å². The first-order valence-corrected chi connectivity index (χ1v) is 12.2. The smallest absolute Gasteiger partial charge is 0.272 e. The van der Waals surface area contributed by atoms with E-state index in [1.54, 1.807) is 30.2 Å². The van der Waals surface area contributed by atoms with Crippen LogP contribution in [0.3, 0.4) is 0 Å². The molecule has 8 nitrogen and oxygen atoms in total. The van der Waals surface area contributed by atoms with Crippen LogP contribution in [0.25, 0.3) is 10.9 Å². The van der Waals surface area contributed by atoms with E-state index in [9.17, 15) is 14.4 Å². The normalized spacial score (nSPS) is 16.4. The molecule has 5 rings (SSSR count). The third kappa shape index (κ3) is 4.27. The Morgan fingerprint density at radius 1 is 1.17 bits per heavy atom. The van der Waals surface area contributed by atoms with Gasteiger partial charge in [-0.15, -0.1) is 0 Å². The van der Waals surface area contributed by atoms with E-state index in [1.807, 2.05) is 24.3 Å². The first-order valence-electron chi connectivity index (χ1n) is 12.2. The highest BCUT2D eigenvalue weighted by Crippen LogP contribution is 2.40. The molecule has 3 aromatic rings. The number of piperidine rings is 1. The molecule has 0 saturated carbocycles. The molecule has 1 aromatic heterocycles. The van der Waals surface area contributed by atoms with Gasteiger partial charge in [-0.3, -0.25) is 14.4 Å². The first-order chi connectivity index (χ1) is 17.3. The van der Waals surface area contributed by atoms with Crippen molar-refractivity contribution in [2.24, 2.45) is 0 Å². The molecule has 2 aliphatic rings. The number of aromatic nitrogens is 1. The number of aryl methyl sites for hydroxylation is 1. The van der Waals surface area contributed by atoms with Crippen molar-refractivity contribution in [2.75, 3.05) is 25.5 Å². The Kier molecular flexibility index (Phi) is 6.12. The molecule has 1 saturated heterocycles. The fourth-order valence-electron chi connectivity index (χ4n) is 5.19. The number of para-hydroxylation sites is 1. The summed E-state index contributed by atoms with van der Waals surface area (Å²) >= 11 is 0. The van der Waals surface area contributed by atoms with Gasteiger partial charge in [0.05, 0.1) is 19.1 Å². The van der Waals surface area contributed by atoms with Gasteiger partial charge in [0.25, 0.3) is 5.91 Å². The summed E-state index contributed by atoms with van der Waals surface area (Å²) in [4.78, 5) is 44.3. The van der Waals surface area contributed by atoms with E-state index in [-0.39, 0.29) is 24.0 Å². The third-order valence-corrected chi connectivity index (χ3v) is 7.08. The number of anilines is 1. The average Bonchev–Trinajstić information content (AvgIpc) is 2.87. The van der Waals surface area contributed by atoms with E-state index in [1.165, 1.54) is 6.92 Å². The number of likely N-dealkylation sites (tertiary alicyclic amines) is 1.